The average molecular weight is 626 g/mol. The van der Waals surface area contributed by atoms with Crippen LogP contribution < -0.4 is 4.74 Å². The van der Waals surface area contributed by atoms with Gasteiger partial charge in [0.15, 0.2) is 0 Å². The zero-order chi connectivity index (χ0) is 30.6. The maximum absolute atomic E-state index is 13.3. The summed E-state index contributed by atoms with van der Waals surface area (Å²) in [5, 5.41) is 0.330. The molecule has 228 valence electrons. The number of aryl methyl sites for hydroxylation is 1. The Kier molecular flexibility index (Phi) is 10.9. The number of amides is 1. The Balaban J connectivity index is 1.89. The maximum Gasteiger partial charge on any atom is 0.410 e. The Labute approximate surface area is 251 Å². The molecule has 1 saturated heterocycles. The van der Waals surface area contributed by atoms with E-state index in [1.165, 1.54) is 10.6 Å². The highest BCUT2D eigenvalue weighted by Gasteiger charge is 2.44. The number of pyridine rings is 1. The van der Waals surface area contributed by atoms with Crippen molar-refractivity contribution in [2.45, 2.75) is 83.9 Å². The molecule has 0 saturated carbocycles. The Bertz CT molecular complexity index is 1310. The van der Waals surface area contributed by atoms with Gasteiger partial charge in [-0.2, -0.15) is 4.31 Å². The van der Waals surface area contributed by atoms with Crippen molar-refractivity contribution in [1.82, 2.24) is 14.2 Å². The summed E-state index contributed by atoms with van der Waals surface area (Å²) in [4.78, 5) is 19.2. The van der Waals surface area contributed by atoms with Crippen LogP contribution in [-0.4, -0.2) is 80.6 Å². The van der Waals surface area contributed by atoms with Crippen LogP contribution in [0.25, 0.3) is 0 Å². The number of likely N-dealkylation sites (tertiary alicyclic amines) is 1. The molecule has 1 aliphatic rings. The summed E-state index contributed by atoms with van der Waals surface area (Å²) in [6.07, 6.45) is 1.58. The van der Waals surface area contributed by atoms with Gasteiger partial charge in [0.2, 0.25) is 15.9 Å². The Morgan fingerprint density at radius 1 is 1.20 bits per heavy atom. The summed E-state index contributed by atoms with van der Waals surface area (Å²) < 4.78 is 45.1. The fraction of sp³-hybridized carbons (Fsp3) is 0.586. The van der Waals surface area contributed by atoms with E-state index in [0.29, 0.717) is 42.8 Å². The lowest BCUT2D eigenvalue weighted by Gasteiger charge is -2.35. The predicted molar refractivity (Wildman–Crippen MR) is 165 cm³/mol. The molecule has 1 aromatic carbocycles. The van der Waals surface area contributed by atoms with E-state index >= 15 is 0 Å². The number of sulfonamides is 1. The van der Waals surface area contributed by atoms with Crippen LogP contribution in [0, 0.1) is 6.92 Å². The Morgan fingerprint density at radius 3 is 2.54 bits per heavy atom. The Hall–Kier alpha value is -2.18. The third-order valence-electron chi connectivity index (χ3n) is 6.72. The lowest BCUT2D eigenvalue weighted by Crippen LogP contribution is -2.51. The van der Waals surface area contributed by atoms with Gasteiger partial charge in [0, 0.05) is 32.8 Å². The molecule has 0 bridgehead atoms. The second-order valence-corrected chi connectivity index (χ2v) is 20.7. The summed E-state index contributed by atoms with van der Waals surface area (Å²) >= 11 is 6.07. The molecular formula is C29H44ClN3O6SSi. The summed E-state index contributed by atoms with van der Waals surface area (Å²) in [5.74, 6) is 0.968. The molecule has 1 aromatic heterocycles. The lowest BCUT2D eigenvalue weighted by molar-refractivity contribution is 0.0153. The van der Waals surface area contributed by atoms with Crippen molar-refractivity contribution >= 4 is 35.8 Å². The van der Waals surface area contributed by atoms with Gasteiger partial charge in [-0.15, -0.1) is 0 Å². The fourth-order valence-electron chi connectivity index (χ4n) is 4.62. The third kappa shape index (κ3) is 10.2. The summed E-state index contributed by atoms with van der Waals surface area (Å²) in [6.45, 7) is 14.9. The predicted octanol–water partition coefficient (Wildman–Crippen LogP) is 6.33. The molecule has 9 nitrogen and oxygen atoms in total. The van der Waals surface area contributed by atoms with Crippen LogP contribution in [0.3, 0.4) is 0 Å². The van der Waals surface area contributed by atoms with Crippen LogP contribution in [-0.2, 0) is 25.9 Å². The second kappa shape index (κ2) is 13.4. The van der Waals surface area contributed by atoms with Crippen LogP contribution in [0.2, 0.25) is 30.8 Å². The van der Waals surface area contributed by atoms with E-state index in [-0.39, 0.29) is 6.73 Å². The van der Waals surface area contributed by atoms with Crippen molar-refractivity contribution in [2.24, 2.45) is 0 Å². The molecule has 2 atom stereocenters. The molecule has 12 heteroatoms. The van der Waals surface area contributed by atoms with Crippen molar-refractivity contribution in [3.8, 4) is 11.6 Å². The first-order valence-corrected chi connectivity index (χ1v) is 19.8. The van der Waals surface area contributed by atoms with Crippen LogP contribution in [0.15, 0.2) is 36.4 Å². The van der Waals surface area contributed by atoms with E-state index in [4.69, 9.17) is 25.8 Å². The van der Waals surface area contributed by atoms with E-state index in [0.717, 1.165) is 17.2 Å². The van der Waals surface area contributed by atoms with Crippen molar-refractivity contribution in [3.05, 3.63) is 52.7 Å². The molecular weight excluding hydrogens is 582 g/mol. The lowest BCUT2D eigenvalue weighted by atomic mass is 10.00. The molecule has 3 rings (SSSR count). The van der Waals surface area contributed by atoms with Crippen molar-refractivity contribution in [1.29, 1.82) is 0 Å². The quantitative estimate of drug-likeness (QED) is 0.125. The molecule has 0 aliphatic carbocycles. The number of nitrogens with zero attached hydrogens (tertiary/aromatic N) is 3. The monoisotopic (exact) mass is 625 g/mol. The molecule has 1 amide bonds. The number of carbonyl (C=O) groups excluding carboxylic acids is 1. The van der Waals surface area contributed by atoms with Gasteiger partial charge < -0.3 is 19.1 Å². The van der Waals surface area contributed by atoms with Crippen molar-refractivity contribution in [3.63, 3.8) is 0 Å². The first kappa shape index (κ1) is 33.3. The fourth-order valence-corrected chi connectivity index (χ4v) is 6.52. The minimum Gasteiger partial charge on any atom is -0.444 e. The number of benzene rings is 1. The molecule has 0 unspecified atom stereocenters. The largest absolute Gasteiger partial charge is 0.444 e. The highest BCUT2D eigenvalue weighted by atomic mass is 35.5. The number of rotatable bonds is 11. The van der Waals surface area contributed by atoms with Gasteiger partial charge in [0.05, 0.1) is 12.3 Å². The first-order valence-electron chi connectivity index (χ1n) is 13.9. The molecule has 0 radical (unpaired) electrons. The topological polar surface area (TPSA) is 98.3 Å². The normalized spacial score (nSPS) is 18.1. The number of hydrogen-bond donors (Lipinski definition) is 0. The number of halogens is 1. The number of ether oxygens (including phenoxy) is 3. The van der Waals surface area contributed by atoms with E-state index in [1.54, 1.807) is 11.0 Å². The summed E-state index contributed by atoms with van der Waals surface area (Å²) in [5.41, 5.74) is 1.02. The Morgan fingerprint density at radius 2 is 1.90 bits per heavy atom. The van der Waals surface area contributed by atoms with Crippen molar-refractivity contribution in [2.75, 3.05) is 26.1 Å². The molecule has 41 heavy (non-hydrogen) atoms. The average Bonchev–Trinajstić information content (AvgIpc) is 3.22. The number of aromatic nitrogens is 1. The maximum atomic E-state index is 13.3. The van der Waals surface area contributed by atoms with Crippen LogP contribution in [0.5, 0.6) is 11.6 Å². The van der Waals surface area contributed by atoms with Gasteiger partial charge >= 0.3 is 6.09 Å². The zero-order valence-corrected chi connectivity index (χ0v) is 28.0. The highest BCUT2D eigenvalue weighted by molar-refractivity contribution is 7.88. The highest BCUT2D eigenvalue weighted by Crippen LogP contribution is 2.31. The van der Waals surface area contributed by atoms with E-state index < -0.39 is 41.9 Å². The molecule has 2 heterocycles. The summed E-state index contributed by atoms with van der Waals surface area (Å²) in [6, 6.07) is 11.0. The molecule has 1 aliphatic heterocycles. The van der Waals surface area contributed by atoms with E-state index in [9.17, 15) is 13.2 Å². The SMILES string of the molecule is Cc1ccc(Cl)nc1Oc1cccc(C[C@H]2[C@@H](N(COCC[Si](C)(C)C)S(C)(=O)=O)CCN2C(=O)OC(C)(C)C)c1. The van der Waals surface area contributed by atoms with Gasteiger partial charge in [-0.3, -0.25) is 0 Å². The van der Waals surface area contributed by atoms with Gasteiger partial charge in [-0.1, -0.05) is 49.4 Å². The van der Waals surface area contributed by atoms with Crippen LogP contribution in [0.1, 0.15) is 38.3 Å². The van der Waals surface area contributed by atoms with E-state index in [2.05, 4.69) is 24.6 Å². The zero-order valence-electron chi connectivity index (χ0n) is 25.4. The second-order valence-electron chi connectivity index (χ2n) is 12.8. The van der Waals surface area contributed by atoms with Crippen LogP contribution >= 0.6 is 11.6 Å². The first-order chi connectivity index (χ1) is 18.9. The molecule has 2 aromatic rings. The van der Waals surface area contributed by atoms with Gasteiger partial charge in [0.1, 0.15) is 23.2 Å². The molecule has 0 N–H and O–H groups in total. The minimum atomic E-state index is -3.64. The van der Waals surface area contributed by atoms with Crippen LogP contribution in [0.4, 0.5) is 4.79 Å². The van der Waals surface area contributed by atoms with Gasteiger partial charge in [-0.25, -0.2) is 18.2 Å². The standard InChI is InChI=1S/C29H44ClN3O6SSi/c1-21-12-13-26(30)31-27(21)38-23-11-9-10-22(18-23)19-25-24(14-15-32(25)28(34)39-29(2,3)4)33(40(5,35)36)20-37-16-17-41(6,7)8/h9-13,18,24-25H,14-17,19-20H2,1-8H3/t24-,25-/m0/s1. The number of hydrogen-bond acceptors (Lipinski definition) is 7. The van der Waals surface area contributed by atoms with Crippen molar-refractivity contribution < 1.29 is 27.4 Å². The molecule has 1 fully saturated rings. The number of carbonyl (C=O) groups is 1. The molecule has 0 spiro atoms. The minimum absolute atomic E-state index is 0.0600. The smallest absolute Gasteiger partial charge is 0.410 e. The van der Waals surface area contributed by atoms with Gasteiger partial charge in [-0.05, 0) is 70.3 Å². The van der Waals surface area contributed by atoms with Gasteiger partial charge in [0.25, 0.3) is 0 Å². The third-order valence-corrected chi connectivity index (χ3v) is 9.87. The van der Waals surface area contributed by atoms with E-state index in [1.807, 2.05) is 58.0 Å². The summed E-state index contributed by atoms with van der Waals surface area (Å²) in [7, 11) is -4.98.